The number of rotatable bonds is 4. The molecule has 0 spiro atoms. The van der Waals surface area contributed by atoms with Gasteiger partial charge in [0.2, 0.25) is 0 Å². The monoisotopic (exact) mass is 305 g/mol. The molecule has 0 atom stereocenters. The van der Waals surface area contributed by atoms with E-state index in [1.807, 2.05) is 0 Å². The summed E-state index contributed by atoms with van der Waals surface area (Å²) in [6, 6.07) is 7.62. The first-order valence-corrected chi connectivity index (χ1v) is 7.93. The Kier molecular flexibility index (Phi) is 4.09. The summed E-state index contributed by atoms with van der Waals surface area (Å²) in [4.78, 5) is 15.1. The SMILES string of the molecule is Cc1ccc(C(=O)O)cc1S(=O)(=O)Cc1ncccc1C. The summed E-state index contributed by atoms with van der Waals surface area (Å²) in [6.07, 6.45) is 1.54. The number of aromatic nitrogens is 1. The molecule has 1 N–H and O–H groups in total. The molecular formula is C15H15NO4S. The maximum absolute atomic E-state index is 12.5. The first-order valence-electron chi connectivity index (χ1n) is 6.28. The van der Waals surface area contributed by atoms with Crippen LogP contribution in [0.15, 0.2) is 41.4 Å². The van der Waals surface area contributed by atoms with E-state index >= 15 is 0 Å². The van der Waals surface area contributed by atoms with Crippen LogP contribution in [-0.4, -0.2) is 24.5 Å². The van der Waals surface area contributed by atoms with Gasteiger partial charge < -0.3 is 5.11 Å². The lowest BCUT2D eigenvalue weighted by Crippen LogP contribution is -2.10. The van der Waals surface area contributed by atoms with E-state index in [9.17, 15) is 13.2 Å². The highest BCUT2D eigenvalue weighted by atomic mass is 32.2. The van der Waals surface area contributed by atoms with Gasteiger partial charge in [-0.05, 0) is 43.2 Å². The van der Waals surface area contributed by atoms with Crippen LogP contribution in [0, 0.1) is 13.8 Å². The van der Waals surface area contributed by atoms with Gasteiger partial charge in [0.15, 0.2) is 9.84 Å². The van der Waals surface area contributed by atoms with Crippen molar-refractivity contribution in [3.05, 3.63) is 58.9 Å². The lowest BCUT2D eigenvalue weighted by Gasteiger charge is -2.10. The lowest BCUT2D eigenvalue weighted by atomic mass is 10.1. The molecule has 0 fully saturated rings. The Balaban J connectivity index is 2.47. The maximum atomic E-state index is 12.5. The van der Waals surface area contributed by atoms with Gasteiger partial charge >= 0.3 is 5.97 Å². The highest BCUT2D eigenvalue weighted by Crippen LogP contribution is 2.22. The summed E-state index contributed by atoms with van der Waals surface area (Å²) in [7, 11) is -3.65. The standard InChI is InChI=1S/C15H15NO4S/c1-10-4-3-7-16-13(10)9-21(19,20)14-8-12(15(17)18)6-5-11(14)2/h3-8H,9H2,1-2H3,(H,17,18). The zero-order valence-electron chi connectivity index (χ0n) is 11.7. The quantitative estimate of drug-likeness (QED) is 0.937. The number of sulfone groups is 1. The molecular weight excluding hydrogens is 290 g/mol. The van der Waals surface area contributed by atoms with Crippen molar-refractivity contribution in [3.8, 4) is 0 Å². The largest absolute Gasteiger partial charge is 0.478 e. The number of carboxylic acid groups (broad SMARTS) is 1. The number of hydrogen-bond donors (Lipinski definition) is 1. The normalized spacial score (nSPS) is 11.3. The van der Waals surface area contributed by atoms with Crippen LogP contribution < -0.4 is 0 Å². The van der Waals surface area contributed by atoms with E-state index in [0.717, 1.165) is 5.56 Å². The third-order valence-electron chi connectivity index (χ3n) is 3.21. The second-order valence-corrected chi connectivity index (χ2v) is 6.77. The van der Waals surface area contributed by atoms with E-state index in [1.54, 1.807) is 32.2 Å². The average molecular weight is 305 g/mol. The molecule has 2 rings (SSSR count). The first kappa shape index (κ1) is 15.2. The Morgan fingerprint density at radius 3 is 2.52 bits per heavy atom. The Hall–Kier alpha value is -2.21. The zero-order chi connectivity index (χ0) is 15.6. The van der Waals surface area contributed by atoms with Gasteiger partial charge in [-0.2, -0.15) is 0 Å². The van der Waals surface area contributed by atoms with Crippen LogP contribution in [0.2, 0.25) is 0 Å². The molecule has 1 heterocycles. The van der Waals surface area contributed by atoms with Crippen LogP contribution in [0.4, 0.5) is 0 Å². The smallest absolute Gasteiger partial charge is 0.335 e. The number of aryl methyl sites for hydroxylation is 2. The van der Waals surface area contributed by atoms with Gasteiger partial charge in [0.25, 0.3) is 0 Å². The maximum Gasteiger partial charge on any atom is 0.335 e. The van der Waals surface area contributed by atoms with Crippen LogP contribution in [0.3, 0.4) is 0 Å². The summed E-state index contributed by atoms with van der Waals surface area (Å²) in [5.74, 6) is -1.40. The predicted octanol–water partition coefficient (Wildman–Crippen LogP) is 2.37. The second-order valence-electron chi connectivity index (χ2n) is 4.81. The molecule has 110 valence electrons. The Labute approximate surface area is 123 Å². The summed E-state index contributed by atoms with van der Waals surface area (Å²) >= 11 is 0. The molecule has 6 heteroatoms. The molecule has 0 saturated carbocycles. The lowest BCUT2D eigenvalue weighted by molar-refractivity contribution is 0.0696. The van der Waals surface area contributed by atoms with Gasteiger partial charge in [0, 0.05) is 6.20 Å². The molecule has 5 nitrogen and oxygen atoms in total. The highest BCUT2D eigenvalue weighted by molar-refractivity contribution is 7.90. The molecule has 2 aromatic rings. The Morgan fingerprint density at radius 1 is 1.19 bits per heavy atom. The van der Waals surface area contributed by atoms with Crippen molar-refractivity contribution in [2.75, 3.05) is 0 Å². The van der Waals surface area contributed by atoms with Crippen molar-refractivity contribution < 1.29 is 18.3 Å². The topological polar surface area (TPSA) is 84.3 Å². The molecule has 0 saturated heterocycles. The fraction of sp³-hybridized carbons (Fsp3) is 0.200. The van der Waals surface area contributed by atoms with E-state index in [0.29, 0.717) is 11.3 Å². The molecule has 0 unspecified atom stereocenters. The molecule has 21 heavy (non-hydrogen) atoms. The van der Waals surface area contributed by atoms with Crippen molar-refractivity contribution in [3.63, 3.8) is 0 Å². The van der Waals surface area contributed by atoms with Gasteiger partial charge in [-0.15, -0.1) is 0 Å². The minimum absolute atomic E-state index is 0.0347. The average Bonchev–Trinajstić information content (AvgIpc) is 2.41. The Bertz CT molecular complexity index is 797. The highest BCUT2D eigenvalue weighted by Gasteiger charge is 2.21. The third-order valence-corrected chi connectivity index (χ3v) is 4.98. The van der Waals surface area contributed by atoms with Crippen LogP contribution in [0.5, 0.6) is 0 Å². The number of hydrogen-bond acceptors (Lipinski definition) is 4. The minimum atomic E-state index is -3.65. The van der Waals surface area contributed by atoms with E-state index in [-0.39, 0.29) is 16.2 Å². The van der Waals surface area contributed by atoms with Gasteiger partial charge in [-0.25, -0.2) is 13.2 Å². The minimum Gasteiger partial charge on any atom is -0.478 e. The van der Waals surface area contributed by atoms with E-state index in [1.165, 1.54) is 18.2 Å². The molecule has 0 bridgehead atoms. The van der Waals surface area contributed by atoms with E-state index in [2.05, 4.69) is 4.98 Å². The van der Waals surface area contributed by atoms with Crippen molar-refractivity contribution in [2.45, 2.75) is 24.5 Å². The van der Waals surface area contributed by atoms with Gasteiger partial charge in [-0.1, -0.05) is 12.1 Å². The second kappa shape index (κ2) is 5.65. The summed E-state index contributed by atoms with van der Waals surface area (Å²) < 4.78 is 25.0. The fourth-order valence-corrected chi connectivity index (χ4v) is 3.68. The number of nitrogens with zero attached hydrogens (tertiary/aromatic N) is 1. The molecule has 0 aliphatic carbocycles. The molecule has 0 radical (unpaired) electrons. The van der Waals surface area contributed by atoms with Crippen LogP contribution >= 0.6 is 0 Å². The zero-order valence-corrected chi connectivity index (χ0v) is 12.5. The van der Waals surface area contributed by atoms with Crippen LogP contribution in [-0.2, 0) is 15.6 Å². The van der Waals surface area contributed by atoms with Gasteiger partial charge in [0.1, 0.15) is 0 Å². The summed E-state index contributed by atoms with van der Waals surface area (Å²) in [5.41, 5.74) is 1.73. The first-order chi connectivity index (χ1) is 9.81. The molecule has 0 aliphatic heterocycles. The molecule has 1 aromatic heterocycles. The predicted molar refractivity (Wildman–Crippen MR) is 78.0 cm³/mol. The fourth-order valence-electron chi connectivity index (χ4n) is 2.00. The Morgan fingerprint density at radius 2 is 1.90 bits per heavy atom. The number of carbonyl (C=O) groups is 1. The van der Waals surface area contributed by atoms with Crippen molar-refractivity contribution in [2.24, 2.45) is 0 Å². The van der Waals surface area contributed by atoms with Crippen LogP contribution in [0.1, 0.15) is 27.2 Å². The van der Waals surface area contributed by atoms with Crippen molar-refractivity contribution in [1.29, 1.82) is 0 Å². The third kappa shape index (κ3) is 3.28. The number of aromatic carboxylic acids is 1. The van der Waals surface area contributed by atoms with Gasteiger partial charge in [-0.3, -0.25) is 4.98 Å². The van der Waals surface area contributed by atoms with Crippen LogP contribution in [0.25, 0.3) is 0 Å². The van der Waals surface area contributed by atoms with Crippen molar-refractivity contribution >= 4 is 15.8 Å². The number of benzene rings is 1. The summed E-state index contributed by atoms with van der Waals surface area (Å²) in [6.45, 7) is 3.43. The molecule has 1 aromatic carbocycles. The number of pyridine rings is 1. The summed E-state index contributed by atoms with van der Waals surface area (Å²) in [5, 5.41) is 8.99. The van der Waals surface area contributed by atoms with E-state index < -0.39 is 15.8 Å². The molecule has 0 amide bonds. The van der Waals surface area contributed by atoms with Crippen molar-refractivity contribution in [1.82, 2.24) is 4.98 Å². The van der Waals surface area contributed by atoms with E-state index in [4.69, 9.17) is 5.11 Å². The van der Waals surface area contributed by atoms with Gasteiger partial charge in [0.05, 0.1) is 21.9 Å². The molecule has 0 aliphatic rings. The number of carboxylic acids is 1.